The van der Waals surface area contributed by atoms with Crippen molar-refractivity contribution in [1.29, 1.82) is 0 Å². The summed E-state index contributed by atoms with van der Waals surface area (Å²) in [7, 11) is 1.66. The Hall–Kier alpha value is -1.66. The number of rotatable bonds is 3. The van der Waals surface area contributed by atoms with Gasteiger partial charge in [-0.25, -0.2) is 4.98 Å². The molecule has 0 unspecified atom stereocenters. The van der Waals surface area contributed by atoms with Crippen molar-refractivity contribution in [3.05, 3.63) is 39.1 Å². The maximum Gasteiger partial charge on any atom is 0.178 e. The highest BCUT2D eigenvalue weighted by molar-refractivity contribution is 7.71. The maximum atomic E-state index is 5.39. The number of ether oxygens (including phenoxy) is 1. The summed E-state index contributed by atoms with van der Waals surface area (Å²) < 4.78 is 8.02. The van der Waals surface area contributed by atoms with Crippen LogP contribution in [0.25, 0.3) is 11.0 Å². The van der Waals surface area contributed by atoms with Crippen LogP contribution < -0.4 is 4.74 Å². The molecule has 0 saturated heterocycles. The molecular weight excluding hydrogens is 278 g/mol. The zero-order valence-corrected chi connectivity index (χ0v) is 12.3. The number of aromatic amines is 1. The van der Waals surface area contributed by atoms with Crippen LogP contribution in [0.15, 0.2) is 24.4 Å². The molecule has 0 bridgehead atoms. The Bertz CT molecular complexity index is 785. The minimum atomic E-state index is 0.717. The number of nitrogens with zero attached hydrogens (tertiary/aromatic N) is 2. The fourth-order valence-corrected chi connectivity index (χ4v) is 3.12. The number of thiazole rings is 1. The number of imidazole rings is 1. The Morgan fingerprint density at radius 2 is 2.32 bits per heavy atom. The average molecular weight is 291 g/mol. The molecule has 1 N–H and O–H groups in total. The number of hydrogen-bond donors (Lipinski definition) is 1. The van der Waals surface area contributed by atoms with Gasteiger partial charge in [0, 0.05) is 17.1 Å². The molecule has 0 aliphatic rings. The highest BCUT2D eigenvalue weighted by Crippen LogP contribution is 2.22. The van der Waals surface area contributed by atoms with Crippen molar-refractivity contribution in [2.45, 2.75) is 13.5 Å². The molecule has 3 rings (SSSR count). The van der Waals surface area contributed by atoms with Gasteiger partial charge in [-0.2, -0.15) is 0 Å². The van der Waals surface area contributed by atoms with Crippen LogP contribution in [-0.4, -0.2) is 21.6 Å². The van der Waals surface area contributed by atoms with Gasteiger partial charge in [0.15, 0.2) is 4.77 Å². The fraction of sp³-hybridized carbons (Fsp3) is 0.231. The topological polar surface area (TPSA) is 42.8 Å². The van der Waals surface area contributed by atoms with Crippen LogP contribution in [0.4, 0.5) is 0 Å². The molecular formula is C13H13N3OS2. The maximum absolute atomic E-state index is 5.39. The van der Waals surface area contributed by atoms with Crippen LogP contribution in [-0.2, 0) is 6.54 Å². The van der Waals surface area contributed by atoms with E-state index in [0.717, 1.165) is 28.3 Å². The zero-order chi connectivity index (χ0) is 13.4. The van der Waals surface area contributed by atoms with Gasteiger partial charge in [0.05, 0.1) is 29.7 Å². The van der Waals surface area contributed by atoms with Crippen molar-refractivity contribution in [2.75, 3.05) is 7.11 Å². The molecule has 1 aromatic carbocycles. The van der Waals surface area contributed by atoms with Crippen LogP contribution in [0.5, 0.6) is 5.75 Å². The van der Waals surface area contributed by atoms with E-state index in [1.165, 1.54) is 4.88 Å². The Morgan fingerprint density at radius 1 is 1.47 bits per heavy atom. The third kappa shape index (κ3) is 2.29. The molecule has 0 atom stereocenters. The molecule has 0 aliphatic carbocycles. The van der Waals surface area contributed by atoms with Gasteiger partial charge in [-0.1, -0.05) is 0 Å². The van der Waals surface area contributed by atoms with Crippen LogP contribution >= 0.6 is 23.6 Å². The highest BCUT2D eigenvalue weighted by atomic mass is 32.1. The van der Waals surface area contributed by atoms with E-state index >= 15 is 0 Å². The Labute approximate surface area is 119 Å². The lowest BCUT2D eigenvalue weighted by molar-refractivity contribution is 0.415. The molecule has 3 aromatic rings. The number of H-pyrrole nitrogens is 1. The number of benzene rings is 1. The van der Waals surface area contributed by atoms with Gasteiger partial charge in [0.1, 0.15) is 5.75 Å². The van der Waals surface area contributed by atoms with Crippen molar-refractivity contribution in [1.82, 2.24) is 14.5 Å². The summed E-state index contributed by atoms with van der Waals surface area (Å²) >= 11 is 7.08. The second kappa shape index (κ2) is 4.79. The average Bonchev–Trinajstić information content (AvgIpc) is 2.94. The predicted molar refractivity (Wildman–Crippen MR) is 79.6 cm³/mol. The smallest absolute Gasteiger partial charge is 0.178 e. The lowest BCUT2D eigenvalue weighted by atomic mass is 10.3. The molecule has 0 fully saturated rings. The van der Waals surface area contributed by atoms with Gasteiger partial charge in [-0.3, -0.25) is 0 Å². The number of hydrogen-bond acceptors (Lipinski definition) is 4. The van der Waals surface area contributed by atoms with E-state index in [4.69, 9.17) is 17.0 Å². The van der Waals surface area contributed by atoms with Crippen LogP contribution in [0.3, 0.4) is 0 Å². The Morgan fingerprint density at radius 3 is 3.00 bits per heavy atom. The van der Waals surface area contributed by atoms with Gasteiger partial charge >= 0.3 is 0 Å². The van der Waals surface area contributed by atoms with Gasteiger partial charge in [-0.05, 0) is 31.3 Å². The van der Waals surface area contributed by atoms with Crippen molar-refractivity contribution in [2.24, 2.45) is 0 Å². The molecule has 0 spiro atoms. The molecule has 0 radical (unpaired) electrons. The summed E-state index contributed by atoms with van der Waals surface area (Å²) in [4.78, 5) is 8.69. The van der Waals surface area contributed by atoms with Crippen LogP contribution in [0.1, 0.15) is 9.88 Å². The van der Waals surface area contributed by atoms with Crippen molar-refractivity contribution >= 4 is 34.6 Å². The lowest BCUT2D eigenvalue weighted by Crippen LogP contribution is -1.97. The summed E-state index contributed by atoms with van der Waals surface area (Å²) in [5.74, 6) is 0.824. The molecule has 2 aromatic heterocycles. The number of fused-ring (bicyclic) bond motifs is 1. The van der Waals surface area contributed by atoms with E-state index in [1.807, 2.05) is 31.3 Å². The van der Waals surface area contributed by atoms with Crippen LogP contribution in [0.2, 0.25) is 0 Å². The first-order valence-electron chi connectivity index (χ1n) is 5.85. The van der Waals surface area contributed by atoms with Gasteiger partial charge in [-0.15, -0.1) is 11.3 Å². The number of aryl methyl sites for hydroxylation is 1. The first-order valence-corrected chi connectivity index (χ1v) is 7.07. The van der Waals surface area contributed by atoms with E-state index in [2.05, 4.69) is 14.5 Å². The second-order valence-corrected chi connectivity index (χ2v) is 5.95. The third-order valence-corrected chi connectivity index (χ3v) is 4.18. The molecule has 4 nitrogen and oxygen atoms in total. The molecule has 0 aliphatic heterocycles. The zero-order valence-electron chi connectivity index (χ0n) is 10.6. The van der Waals surface area contributed by atoms with E-state index in [0.29, 0.717) is 4.77 Å². The minimum Gasteiger partial charge on any atom is -0.497 e. The third-order valence-electron chi connectivity index (χ3n) is 2.96. The molecule has 19 heavy (non-hydrogen) atoms. The quantitative estimate of drug-likeness (QED) is 0.751. The Balaban J connectivity index is 2.08. The first kappa shape index (κ1) is 12.4. The van der Waals surface area contributed by atoms with Crippen molar-refractivity contribution < 1.29 is 4.74 Å². The van der Waals surface area contributed by atoms with E-state index in [9.17, 15) is 0 Å². The number of methoxy groups -OCH3 is 1. The predicted octanol–water partition coefficient (Wildman–Crippen LogP) is 3.52. The lowest BCUT2D eigenvalue weighted by Gasteiger charge is -2.03. The normalized spacial score (nSPS) is 11.1. The summed E-state index contributed by atoms with van der Waals surface area (Å²) in [6.45, 7) is 2.75. The minimum absolute atomic E-state index is 0.717. The molecule has 98 valence electrons. The molecule has 0 amide bonds. The largest absolute Gasteiger partial charge is 0.497 e. The second-order valence-electron chi connectivity index (χ2n) is 4.24. The van der Waals surface area contributed by atoms with E-state index in [1.54, 1.807) is 18.4 Å². The molecule has 0 saturated carbocycles. The monoisotopic (exact) mass is 291 g/mol. The summed E-state index contributed by atoms with van der Waals surface area (Å²) in [5.41, 5.74) is 2.07. The van der Waals surface area contributed by atoms with Crippen LogP contribution in [0, 0.1) is 11.7 Å². The molecule has 2 heterocycles. The van der Waals surface area contributed by atoms with Gasteiger partial charge in [0.25, 0.3) is 0 Å². The fourth-order valence-electron chi connectivity index (χ4n) is 2.06. The molecule has 6 heteroatoms. The number of nitrogens with one attached hydrogen (secondary N) is 1. The summed E-state index contributed by atoms with van der Waals surface area (Å²) in [6, 6.07) is 5.92. The highest BCUT2D eigenvalue weighted by Gasteiger charge is 2.07. The van der Waals surface area contributed by atoms with Gasteiger partial charge < -0.3 is 14.3 Å². The van der Waals surface area contributed by atoms with Crippen molar-refractivity contribution in [3.8, 4) is 5.75 Å². The van der Waals surface area contributed by atoms with Crippen molar-refractivity contribution in [3.63, 3.8) is 0 Å². The Kier molecular flexibility index (Phi) is 3.12. The summed E-state index contributed by atoms with van der Waals surface area (Å²) in [5, 5.41) is 1.07. The van der Waals surface area contributed by atoms with Gasteiger partial charge in [0.2, 0.25) is 0 Å². The number of aromatic nitrogens is 3. The standard InChI is InChI=1S/C13H13N3OS2/c1-8-14-6-10(19-8)7-16-12-4-3-9(17-2)5-11(12)15-13(16)18/h3-6H,7H2,1-2H3,(H,15,18). The van der Waals surface area contributed by atoms with E-state index in [-0.39, 0.29) is 0 Å². The van der Waals surface area contributed by atoms with E-state index < -0.39 is 0 Å². The summed E-state index contributed by atoms with van der Waals surface area (Å²) in [6.07, 6.45) is 1.91. The first-order chi connectivity index (χ1) is 9.17. The SMILES string of the molecule is COc1ccc2c(c1)[nH]c(=S)n2Cc1cnc(C)s1.